The summed E-state index contributed by atoms with van der Waals surface area (Å²) < 4.78 is 11.0. The number of carbonyl (C=O) groups excluding carboxylic acids is 1. The monoisotopic (exact) mass is 643 g/mol. The van der Waals surface area contributed by atoms with Crippen LogP contribution in [0.3, 0.4) is 0 Å². The van der Waals surface area contributed by atoms with E-state index in [1.165, 1.54) is 57.8 Å². The molecule has 1 fully saturated rings. The Hall–Kier alpha value is -1.37. The molecule has 0 aromatic heterocycles. The lowest BCUT2D eigenvalue weighted by molar-refractivity contribution is -0.302. The summed E-state index contributed by atoms with van der Waals surface area (Å²) in [5.41, 5.74) is 0. The van der Waals surface area contributed by atoms with Gasteiger partial charge in [0.25, 0.3) is 0 Å². The maximum atomic E-state index is 12.8. The lowest BCUT2D eigenvalue weighted by Gasteiger charge is -2.40. The number of amides is 1. The zero-order valence-corrected chi connectivity index (χ0v) is 28.0. The smallest absolute Gasteiger partial charge is 0.249 e. The van der Waals surface area contributed by atoms with Crippen molar-refractivity contribution in [1.29, 1.82) is 0 Å². The minimum Gasteiger partial charge on any atom is -0.394 e. The van der Waals surface area contributed by atoms with Gasteiger partial charge in [0.05, 0.1) is 25.4 Å². The van der Waals surface area contributed by atoms with E-state index < -0.39 is 61.5 Å². The first-order valence-corrected chi connectivity index (χ1v) is 17.7. The summed E-state index contributed by atoms with van der Waals surface area (Å²) in [4.78, 5) is 12.8. The molecule has 8 unspecified atom stereocenters. The molecule has 264 valence electrons. The molecular formula is C35H65NO9. The van der Waals surface area contributed by atoms with Gasteiger partial charge < -0.3 is 45.4 Å². The van der Waals surface area contributed by atoms with Crippen molar-refractivity contribution >= 4 is 5.91 Å². The SMILES string of the molecule is CCCC/C=C\CCCCCC(O)C(=O)NC(COC1OC(CO)C(O)C(O)C1O)C(O)/C=C/CCCCCCCCCCC. The van der Waals surface area contributed by atoms with E-state index in [1.807, 2.05) is 6.08 Å². The Morgan fingerprint density at radius 2 is 1.31 bits per heavy atom. The fourth-order valence-electron chi connectivity index (χ4n) is 5.32. The van der Waals surface area contributed by atoms with Gasteiger partial charge in [0, 0.05) is 0 Å². The van der Waals surface area contributed by atoms with E-state index >= 15 is 0 Å². The minimum atomic E-state index is -1.61. The number of carbonyl (C=O) groups is 1. The van der Waals surface area contributed by atoms with Gasteiger partial charge >= 0.3 is 0 Å². The molecule has 8 atom stereocenters. The quantitative estimate of drug-likeness (QED) is 0.0513. The third-order valence-electron chi connectivity index (χ3n) is 8.38. The third kappa shape index (κ3) is 18.5. The molecule has 1 aliphatic heterocycles. The highest BCUT2D eigenvalue weighted by atomic mass is 16.7. The normalized spacial score (nSPS) is 24.3. The number of aliphatic hydroxyl groups excluding tert-OH is 6. The lowest BCUT2D eigenvalue weighted by atomic mass is 9.99. The largest absolute Gasteiger partial charge is 0.394 e. The first-order chi connectivity index (χ1) is 21.8. The Balaban J connectivity index is 2.61. The highest BCUT2D eigenvalue weighted by molar-refractivity contribution is 5.80. The van der Waals surface area contributed by atoms with Crippen molar-refractivity contribution in [1.82, 2.24) is 5.32 Å². The number of ether oxygens (including phenoxy) is 2. The molecule has 0 saturated carbocycles. The van der Waals surface area contributed by atoms with Gasteiger partial charge in [-0.2, -0.15) is 0 Å². The van der Waals surface area contributed by atoms with E-state index in [9.17, 15) is 35.4 Å². The maximum Gasteiger partial charge on any atom is 0.249 e. The number of rotatable bonds is 27. The highest BCUT2D eigenvalue weighted by Gasteiger charge is 2.44. The van der Waals surface area contributed by atoms with Gasteiger partial charge in [-0.05, 0) is 38.5 Å². The minimum absolute atomic E-state index is 0.288. The van der Waals surface area contributed by atoms with Crippen LogP contribution in [0.5, 0.6) is 0 Å². The second kappa shape index (κ2) is 26.7. The van der Waals surface area contributed by atoms with Crippen LogP contribution >= 0.6 is 0 Å². The van der Waals surface area contributed by atoms with E-state index in [2.05, 4.69) is 31.3 Å². The second-order valence-electron chi connectivity index (χ2n) is 12.4. The Morgan fingerprint density at radius 1 is 0.756 bits per heavy atom. The third-order valence-corrected chi connectivity index (χ3v) is 8.38. The number of allylic oxidation sites excluding steroid dienone is 3. The number of unbranched alkanes of at least 4 members (excludes halogenated alkanes) is 14. The van der Waals surface area contributed by atoms with Gasteiger partial charge in [0.1, 0.15) is 30.5 Å². The molecule has 1 heterocycles. The molecular weight excluding hydrogens is 578 g/mol. The van der Waals surface area contributed by atoms with E-state index in [-0.39, 0.29) is 13.0 Å². The standard InChI is InChI=1S/C35H65NO9/c1-3-5-7-9-11-13-14-16-17-19-21-23-28(38)27(26-44-35-33(42)32(41)31(40)30(25-37)45-35)36-34(43)29(39)24-22-20-18-15-12-10-8-6-4-2/h10,12,21,23,27-33,35,37-42H,3-9,11,13-20,22,24-26H2,1-2H3,(H,36,43)/b12-10-,23-21+. The molecule has 45 heavy (non-hydrogen) atoms. The van der Waals surface area contributed by atoms with Crippen molar-refractivity contribution in [2.45, 2.75) is 178 Å². The van der Waals surface area contributed by atoms with Crippen molar-refractivity contribution in [3.63, 3.8) is 0 Å². The van der Waals surface area contributed by atoms with Crippen molar-refractivity contribution in [3.8, 4) is 0 Å². The predicted octanol–water partition coefficient (Wildman–Crippen LogP) is 4.18. The van der Waals surface area contributed by atoms with E-state index in [1.54, 1.807) is 6.08 Å². The van der Waals surface area contributed by atoms with Crippen LogP contribution in [0.2, 0.25) is 0 Å². The molecule has 10 heteroatoms. The van der Waals surface area contributed by atoms with Crippen LogP contribution in [-0.4, -0.2) is 98.7 Å². The summed E-state index contributed by atoms with van der Waals surface area (Å²) in [6.07, 6.45) is 17.2. The van der Waals surface area contributed by atoms with Crippen LogP contribution in [0.15, 0.2) is 24.3 Å². The average Bonchev–Trinajstić information content (AvgIpc) is 3.04. The molecule has 7 N–H and O–H groups in total. The number of nitrogens with one attached hydrogen (secondary N) is 1. The zero-order chi connectivity index (χ0) is 33.3. The molecule has 1 rings (SSSR count). The predicted molar refractivity (Wildman–Crippen MR) is 176 cm³/mol. The first-order valence-electron chi connectivity index (χ1n) is 17.7. The number of hydrogen-bond acceptors (Lipinski definition) is 9. The topological polar surface area (TPSA) is 169 Å². The molecule has 1 amide bonds. The number of hydrogen-bond donors (Lipinski definition) is 7. The second-order valence-corrected chi connectivity index (χ2v) is 12.4. The Labute approximate surface area is 271 Å². The average molecular weight is 644 g/mol. The van der Waals surface area contributed by atoms with Crippen LogP contribution in [0, 0.1) is 0 Å². The van der Waals surface area contributed by atoms with Crippen LogP contribution in [0.25, 0.3) is 0 Å². The van der Waals surface area contributed by atoms with Crippen LogP contribution in [0.1, 0.15) is 129 Å². The first kappa shape index (κ1) is 41.7. The molecule has 10 nitrogen and oxygen atoms in total. The van der Waals surface area contributed by atoms with Gasteiger partial charge in [-0.3, -0.25) is 4.79 Å². The molecule has 0 aromatic rings. The summed E-state index contributed by atoms with van der Waals surface area (Å²) in [5.74, 6) is -0.636. The summed E-state index contributed by atoms with van der Waals surface area (Å²) in [5, 5.41) is 64.0. The summed E-state index contributed by atoms with van der Waals surface area (Å²) in [6, 6.07) is -0.979. The summed E-state index contributed by atoms with van der Waals surface area (Å²) >= 11 is 0. The molecule has 0 radical (unpaired) electrons. The van der Waals surface area contributed by atoms with Gasteiger partial charge in [0.15, 0.2) is 6.29 Å². The fraction of sp³-hybridized carbons (Fsp3) is 0.857. The zero-order valence-electron chi connectivity index (χ0n) is 28.0. The van der Waals surface area contributed by atoms with Crippen molar-refractivity contribution < 1.29 is 44.9 Å². The molecule has 0 aromatic carbocycles. The van der Waals surface area contributed by atoms with Crippen LogP contribution < -0.4 is 5.32 Å². The van der Waals surface area contributed by atoms with Crippen molar-refractivity contribution in [3.05, 3.63) is 24.3 Å². The van der Waals surface area contributed by atoms with Gasteiger partial charge in [-0.1, -0.05) is 115 Å². The van der Waals surface area contributed by atoms with Crippen LogP contribution in [0.4, 0.5) is 0 Å². The van der Waals surface area contributed by atoms with Crippen molar-refractivity contribution in [2.75, 3.05) is 13.2 Å². The lowest BCUT2D eigenvalue weighted by Crippen LogP contribution is -2.60. The Kier molecular flexibility index (Phi) is 24.7. The molecule has 0 spiro atoms. The molecule has 1 saturated heterocycles. The highest BCUT2D eigenvalue weighted by Crippen LogP contribution is 2.22. The van der Waals surface area contributed by atoms with Gasteiger partial charge in [0.2, 0.25) is 5.91 Å². The Bertz CT molecular complexity index is 778. The number of aliphatic hydroxyl groups is 6. The summed E-state index contributed by atoms with van der Waals surface area (Å²) in [7, 11) is 0. The Morgan fingerprint density at radius 3 is 1.93 bits per heavy atom. The molecule has 0 bridgehead atoms. The van der Waals surface area contributed by atoms with E-state index in [4.69, 9.17) is 9.47 Å². The summed E-state index contributed by atoms with van der Waals surface area (Å²) in [6.45, 7) is 3.47. The van der Waals surface area contributed by atoms with Gasteiger partial charge in [-0.25, -0.2) is 0 Å². The van der Waals surface area contributed by atoms with Crippen molar-refractivity contribution in [2.24, 2.45) is 0 Å². The van der Waals surface area contributed by atoms with Crippen LogP contribution in [-0.2, 0) is 14.3 Å². The fourth-order valence-corrected chi connectivity index (χ4v) is 5.32. The van der Waals surface area contributed by atoms with E-state index in [0.717, 1.165) is 44.9 Å². The molecule has 1 aliphatic rings. The molecule has 0 aliphatic carbocycles. The van der Waals surface area contributed by atoms with E-state index in [0.29, 0.717) is 6.42 Å². The van der Waals surface area contributed by atoms with Gasteiger partial charge in [-0.15, -0.1) is 0 Å². The maximum absolute atomic E-state index is 12.8.